The predicted molar refractivity (Wildman–Crippen MR) is 74.0 cm³/mol. The summed E-state index contributed by atoms with van der Waals surface area (Å²) in [5, 5.41) is 6.19. The SMILES string of the molecule is CC1(CNC(=O)c2ccc(F)cn2)CCCNC1.Cl. The number of halogens is 2. The Balaban J connectivity index is 0.00000180. The molecule has 4 nitrogen and oxygen atoms in total. The summed E-state index contributed by atoms with van der Waals surface area (Å²) in [6.45, 7) is 4.71. The molecule has 0 radical (unpaired) electrons. The highest BCUT2D eigenvalue weighted by Crippen LogP contribution is 2.24. The number of amides is 1. The number of carbonyl (C=O) groups excluding carboxylic acids is 1. The third-order valence-electron chi connectivity index (χ3n) is 3.32. The smallest absolute Gasteiger partial charge is 0.269 e. The van der Waals surface area contributed by atoms with Gasteiger partial charge < -0.3 is 10.6 Å². The van der Waals surface area contributed by atoms with E-state index in [-0.39, 0.29) is 29.4 Å². The molecule has 1 aromatic heterocycles. The second-order valence-electron chi connectivity index (χ2n) is 5.14. The molecule has 1 amide bonds. The van der Waals surface area contributed by atoms with E-state index >= 15 is 0 Å². The molecule has 2 N–H and O–H groups in total. The van der Waals surface area contributed by atoms with Crippen LogP contribution in [0.5, 0.6) is 0 Å². The summed E-state index contributed by atoms with van der Waals surface area (Å²) in [7, 11) is 0. The molecule has 2 heterocycles. The first-order valence-electron chi connectivity index (χ1n) is 6.20. The van der Waals surface area contributed by atoms with Gasteiger partial charge >= 0.3 is 0 Å². The predicted octanol–water partition coefficient (Wildman–Crippen LogP) is 1.76. The zero-order valence-corrected chi connectivity index (χ0v) is 11.7. The van der Waals surface area contributed by atoms with Crippen LogP contribution in [-0.2, 0) is 0 Å². The van der Waals surface area contributed by atoms with Crippen LogP contribution in [0, 0.1) is 11.2 Å². The third kappa shape index (κ3) is 4.44. The average Bonchev–Trinajstić information content (AvgIpc) is 2.38. The molecule has 1 aromatic rings. The van der Waals surface area contributed by atoms with E-state index in [1.165, 1.54) is 12.1 Å². The lowest BCUT2D eigenvalue weighted by Crippen LogP contribution is -2.45. The monoisotopic (exact) mass is 287 g/mol. The van der Waals surface area contributed by atoms with Crippen molar-refractivity contribution >= 4 is 18.3 Å². The highest BCUT2D eigenvalue weighted by molar-refractivity contribution is 5.92. The Morgan fingerprint density at radius 3 is 2.95 bits per heavy atom. The van der Waals surface area contributed by atoms with Crippen LogP contribution in [0.15, 0.2) is 18.3 Å². The first-order valence-corrected chi connectivity index (χ1v) is 6.20. The van der Waals surface area contributed by atoms with Crippen LogP contribution in [-0.4, -0.2) is 30.5 Å². The fourth-order valence-electron chi connectivity index (χ4n) is 2.16. The van der Waals surface area contributed by atoms with Crippen LogP contribution in [0.25, 0.3) is 0 Å². The number of hydrogen-bond acceptors (Lipinski definition) is 3. The van der Waals surface area contributed by atoms with Crippen molar-refractivity contribution < 1.29 is 9.18 Å². The molecule has 1 aliphatic heterocycles. The highest BCUT2D eigenvalue weighted by Gasteiger charge is 2.27. The first kappa shape index (κ1) is 15.9. The maximum Gasteiger partial charge on any atom is 0.269 e. The largest absolute Gasteiger partial charge is 0.350 e. The van der Waals surface area contributed by atoms with Crippen molar-refractivity contribution in [3.63, 3.8) is 0 Å². The second kappa shape index (κ2) is 6.82. The van der Waals surface area contributed by atoms with Gasteiger partial charge in [-0.05, 0) is 36.9 Å². The number of carbonyl (C=O) groups is 1. The number of nitrogens with zero attached hydrogens (tertiary/aromatic N) is 1. The van der Waals surface area contributed by atoms with Crippen LogP contribution >= 0.6 is 12.4 Å². The highest BCUT2D eigenvalue weighted by atomic mass is 35.5. The summed E-state index contributed by atoms with van der Waals surface area (Å²) in [5.74, 6) is -0.684. The van der Waals surface area contributed by atoms with Crippen molar-refractivity contribution in [1.82, 2.24) is 15.6 Å². The van der Waals surface area contributed by atoms with Gasteiger partial charge in [0.25, 0.3) is 5.91 Å². The fourth-order valence-corrected chi connectivity index (χ4v) is 2.16. The van der Waals surface area contributed by atoms with E-state index in [0.717, 1.165) is 32.1 Å². The maximum atomic E-state index is 12.7. The number of nitrogens with one attached hydrogen (secondary N) is 2. The lowest BCUT2D eigenvalue weighted by molar-refractivity contribution is 0.0919. The molecule has 1 unspecified atom stereocenters. The van der Waals surface area contributed by atoms with Gasteiger partial charge in [-0.1, -0.05) is 6.92 Å². The summed E-state index contributed by atoms with van der Waals surface area (Å²) < 4.78 is 12.7. The summed E-state index contributed by atoms with van der Waals surface area (Å²) in [5.41, 5.74) is 0.345. The van der Waals surface area contributed by atoms with Crippen molar-refractivity contribution in [2.75, 3.05) is 19.6 Å². The average molecular weight is 288 g/mol. The van der Waals surface area contributed by atoms with Crippen LogP contribution < -0.4 is 10.6 Å². The molecule has 0 spiro atoms. The number of pyridine rings is 1. The Morgan fingerprint density at radius 2 is 2.37 bits per heavy atom. The minimum atomic E-state index is -0.435. The molecule has 1 fully saturated rings. The van der Waals surface area contributed by atoms with Crippen LogP contribution in [0.1, 0.15) is 30.3 Å². The van der Waals surface area contributed by atoms with Crippen LogP contribution in [0.3, 0.4) is 0 Å². The standard InChI is InChI=1S/C13H18FN3O.ClH/c1-13(5-2-6-15-8-13)9-17-12(18)11-4-3-10(14)7-16-11;/h3-4,7,15H,2,5-6,8-9H2,1H3,(H,17,18);1H. The summed E-state index contributed by atoms with van der Waals surface area (Å²) in [6.07, 6.45) is 3.27. The molecular formula is C13H19ClFN3O. The number of hydrogen-bond donors (Lipinski definition) is 2. The van der Waals surface area contributed by atoms with Gasteiger partial charge in [0.15, 0.2) is 0 Å². The zero-order valence-electron chi connectivity index (χ0n) is 10.9. The van der Waals surface area contributed by atoms with Gasteiger partial charge in [0, 0.05) is 13.1 Å². The molecule has 0 bridgehead atoms. The van der Waals surface area contributed by atoms with Crippen molar-refractivity contribution in [2.45, 2.75) is 19.8 Å². The summed E-state index contributed by atoms with van der Waals surface area (Å²) in [4.78, 5) is 15.6. The van der Waals surface area contributed by atoms with E-state index < -0.39 is 5.82 Å². The van der Waals surface area contributed by atoms with Gasteiger partial charge in [0.2, 0.25) is 0 Å². The number of rotatable bonds is 3. The quantitative estimate of drug-likeness (QED) is 0.891. The fraction of sp³-hybridized carbons (Fsp3) is 0.538. The van der Waals surface area contributed by atoms with Gasteiger partial charge in [-0.2, -0.15) is 0 Å². The molecule has 0 aromatic carbocycles. The Morgan fingerprint density at radius 1 is 1.58 bits per heavy atom. The maximum absolute atomic E-state index is 12.7. The molecule has 19 heavy (non-hydrogen) atoms. The molecular weight excluding hydrogens is 269 g/mol. The number of piperidine rings is 1. The minimum absolute atomic E-state index is 0. The summed E-state index contributed by atoms with van der Waals surface area (Å²) >= 11 is 0. The van der Waals surface area contributed by atoms with Gasteiger partial charge in [0.05, 0.1) is 6.20 Å². The van der Waals surface area contributed by atoms with E-state index in [1.54, 1.807) is 0 Å². The molecule has 0 saturated carbocycles. The van der Waals surface area contributed by atoms with Crippen LogP contribution in [0.2, 0.25) is 0 Å². The number of aromatic nitrogens is 1. The molecule has 1 saturated heterocycles. The molecule has 2 rings (SSSR count). The van der Waals surface area contributed by atoms with Gasteiger partial charge in [-0.25, -0.2) is 9.37 Å². The Bertz CT molecular complexity index is 418. The van der Waals surface area contributed by atoms with Crippen molar-refractivity contribution in [3.05, 3.63) is 29.8 Å². The van der Waals surface area contributed by atoms with Gasteiger partial charge in [-0.3, -0.25) is 4.79 Å². The lowest BCUT2D eigenvalue weighted by Gasteiger charge is -2.34. The normalized spacial score (nSPS) is 22.4. The molecule has 6 heteroatoms. The first-order chi connectivity index (χ1) is 8.59. The van der Waals surface area contributed by atoms with Crippen molar-refractivity contribution in [3.8, 4) is 0 Å². The molecule has 106 valence electrons. The van der Waals surface area contributed by atoms with Gasteiger partial charge in [-0.15, -0.1) is 12.4 Å². The second-order valence-corrected chi connectivity index (χ2v) is 5.14. The van der Waals surface area contributed by atoms with E-state index in [4.69, 9.17) is 0 Å². The van der Waals surface area contributed by atoms with Crippen molar-refractivity contribution in [1.29, 1.82) is 0 Å². The Hall–Kier alpha value is -1.20. The van der Waals surface area contributed by atoms with E-state index in [2.05, 4.69) is 22.5 Å². The topological polar surface area (TPSA) is 54.0 Å². The van der Waals surface area contributed by atoms with E-state index in [1.807, 2.05) is 0 Å². The Kier molecular flexibility index (Phi) is 5.69. The lowest BCUT2D eigenvalue weighted by atomic mass is 9.83. The van der Waals surface area contributed by atoms with E-state index in [9.17, 15) is 9.18 Å². The van der Waals surface area contributed by atoms with Crippen LogP contribution in [0.4, 0.5) is 4.39 Å². The Labute approximate surface area is 118 Å². The molecule has 1 atom stereocenters. The zero-order chi connectivity index (χ0) is 13.0. The molecule has 0 aliphatic carbocycles. The summed E-state index contributed by atoms with van der Waals surface area (Å²) in [6, 6.07) is 2.64. The van der Waals surface area contributed by atoms with E-state index in [0.29, 0.717) is 6.54 Å². The van der Waals surface area contributed by atoms with Gasteiger partial charge in [0.1, 0.15) is 11.5 Å². The minimum Gasteiger partial charge on any atom is -0.350 e. The van der Waals surface area contributed by atoms with Crippen molar-refractivity contribution in [2.24, 2.45) is 5.41 Å². The third-order valence-corrected chi connectivity index (χ3v) is 3.32. The molecule has 1 aliphatic rings.